The van der Waals surface area contributed by atoms with Crippen LogP contribution in [0.25, 0.3) is 0 Å². The lowest BCUT2D eigenvalue weighted by Crippen LogP contribution is -2.42. The van der Waals surface area contributed by atoms with Gasteiger partial charge in [0.1, 0.15) is 0 Å². The molecule has 2 fully saturated rings. The largest absolute Gasteiger partial charge is 0.396 e. The second-order valence-electron chi connectivity index (χ2n) is 5.64. The van der Waals surface area contributed by atoms with E-state index in [2.05, 4.69) is 11.8 Å². The van der Waals surface area contributed by atoms with E-state index in [1.165, 1.54) is 12.8 Å². The van der Waals surface area contributed by atoms with Crippen molar-refractivity contribution >= 4 is 5.91 Å². The van der Waals surface area contributed by atoms with Crippen LogP contribution in [-0.2, 0) is 4.79 Å². The van der Waals surface area contributed by atoms with Crippen LogP contribution in [0.4, 0.5) is 0 Å². The number of rotatable bonds is 3. The highest BCUT2D eigenvalue weighted by Gasteiger charge is 2.27. The number of aliphatic hydroxyl groups is 1. The molecule has 2 aliphatic rings. The standard InChI is InChI=1S/C13H24N2O2/c1-11-2-5-14(6-3-11)9-13(17)15-7-4-12(8-15)10-16/h11-12,16H,2-10H2,1H3. The molecule has 2 rings (SSSR count). The van der Waals surface area contributed by atoms with Gasteiger partial charge in [0.25, 0.3) is 0 Å². The number of nitrogens with zero attached hydrogens (tertiary/aromatic N) is 2. The molecular weight excluding hydrogens is 216 g/mol. The van der Waals surface area contributed by atoms with E-state index >= 15 is 0 Å². The van der Waals surface area contributed by atoms with Gasteiger partial charge in [-0.3, -0.25) is 9.69 Å². The molecule has 0 aromatic rings. The van der Waals surface area contributed by atoms with Crippen LogP contribution in [-0.4, -0.2) is 60.1 Å². The van der Waals surface area contributed by atoms with Gasteiger partial charge in [-0.25, -0.2) is 0 Å². The minimum absolute atomic E-state index is 0.213. The zero-order valence-corrected chi connectivity index (χ0v) is 10.8. The number of piperidine rings is 1. The number of amides is 1. The number of carbonyl (C=O) groups is 1. The van der Waals surface area contributed by atoms with Gasteiger partial charge in [0, 0.05) is 25.6 Å². The van der Waals surface area contributed by atoms with E-state index in [1.807, 2.05) is 4.90 Å². The molecule has 1 amide bonds. The van der Waals surface area contributed by atoms with Crippen molar-refractivity contribution in [3.05, 3.63) is 0 Å². The highest BCUT2D eigenvalue weighted by atomic mass is 16.3. The van der Waals surface area contributed by atoms with Gasteiger partial charge in [-0.15, -0.1) is 0 Å². The normalized spacial score (nSPS) is 27.6. The van der Waals surface area contributed by atoms with E-state index in [1.54, 1.807) is 0 Å². The fourth-order valence-corrected chi connectivity index (χ4v) is 2.72. The lowest BCUT2D eigenvalue weighted by molar-refractivity contribution is -0.131. The number of hydrogen-bond donors (Lipinski definition) is 1. The van der Waals surface area contributed by atoms with E-state index in [9.17, 15) is 4.79 Å². The molecule has 0 aliphatic carbocycles. The number of aliphatic hydroxyl groups excluding tert-OH is 1. The fraction of sp³-hybridized carbons (Fsp3) is 0.923. The zero-order valence-electron chi connectivity index (χ0n) is 10.8. The van der Waals surface area contributed by atoms with Crippen LogP contribution >= 0.6 is 0 Å². The molecule has 2 heterocycles. The Morgan fingerprint density at radius 1 is 1.24 bits per heavy atom. The minimum atomic E-state index is 0.213. The summed E-state index contributed by atoms with van der Waals surface area (Å²) in [6.07, 6.45) is 3.39. The molecule has 0 spiro atoms. The fourth-order valence-electron chi connectivity index (χ4n) is 2.72. The highest BCUT2D eigenvalue weighted by molar-refractivity contribution is 5.78. The molecule has 1 unspecified atom stereocenters. The van der Waals surface area contributed by atoms with Crippen LogP contribution in [0.5, 0.6) is 0 Å². The summed E-state index contributed by atoms with van der Waals surface area (Å²) in [5, 5.41) is 9.07. The molecule has 0 aromatic heterocycles. The predicted octanol–water partition coefficient (Wildman–Crippen LogP) is 0.559. The third-order valence-electron chi connectivity index (χ3n) is 4.13. The first-order chi connectivity index (χ1) is 8.19. The van der Waals surface area contributed by atoms with Gasteiger partial charge in [0.2, 0.25) is 5.91 Å². The minimum Gasteiger partial charge on any atom is -0.396 e. The maximum Gasteiger partial charge on any atom is 0.236 e. The summed E-state index contributed by atoms with van der Waals surface area (Å²) in [5.41, 5.74) is 0. The summed E-state index contributed by atoms with van der Waals surface area (Å²) >= 11 is 0. The van der Waals surface area contributed by atoms with Crippen molar-refractivity contribution in [1.82, 2.24) is 9.80 Å². The van der Waals surface area contributed by atoms with E-state index in [0.29, 0.717) is 12.5 Å². The van der Waals surface area contributed by atoms with Gasteiger partial charge in [-0.1, -0.05) is 6.92 Å². The van der Waals surface area contributed by atoms with Crippen molar-refractivity contribution in [3.63, 3.8) is 0 Å². The Bertz CT molecular complexity index is 262. The maximum atomic E-state index is 12.1. The summed E-state index contributed by atoms with van der Waals surface area (Å²) < 4.78 is 0. The molecule has 0 bridgehead atoms. The van der Waals surface area contributed by atoms with Gasteiger partial charge in [0.05, 0.1) is 6.54 Å². The first-order valence-electron chi connectivity index (χ1n) is 6.80. The Hall–Kier alpha value is -0.610. The Morgan fingerprint density at radius 3 is 2.53 bits per heavy atom. The van der Waals surface area contributed by atoms with Gasteiger partial charge < -0.3 is 10.0 Å². The monoisotopic (exact) mass is 240 g/mol. The SMILES string of the molecule is CC1CCN(CC(=O)N2CCC(CO)C2)CC1. The molecule has 1 atom stereocenters. The average Bonchev–Trinajstić information content (AvgIpc) is 2.81. The zero-order chi connectivity index (χ0) is 12.3. The first-order valence-corrected chi connectivity index (χ1v) is 6.80. The lowest BCUT2D eigenvalue weighted by Gasteiger charge is -2.30. The summed E-state index contributed by atoms with van der Waals surface area (Å²) in [6, 6.07) is 0. The number of hydrogen-bond acceptors (Lipinski definition) is 3. The van der Waals surface area contributed by atoms with Crippen molar-refractivity contribution in [2.75, 3.05) is 39.3 Å². The van der Waals surface area contributed by atoms with E-state index in [4.69, 9.17) is 5.11 Å². The molecule has 0 aromatic carbocycles. The summed E-state index contributed by atoms with van der Waals surface area (Å²) in [4.78, 5) is 16.2. The van der Waals surface area contributed by atoms with E-state index in [0.717, 1.165) is 38.5 Å². The summed E-state index contributed by atoms with van der Waals surface area (Å²) in [6.45, 7) is 6.77. The van der Waals surface area contributed by atoms with Crippen molar-refractivity contribution in [1.29, 1.82) is 0 Å². The van der Waals surface area contributed by atoms with E-state index < -0.39 is 0 Å². The van der Waals surface area contributed by atoms with Crippen molar-refractivity contribution in [2.45, 2.75) is 26.2 Å². The van der Waals surface area contributed by atoms with Gasteiger partial charge in [-0.05, 0) is 38.3 Å². The average molecular weight is 240 g/mol. The molecule has 4 nitrogen and oxygen atoms in total. The molecular formula is C13H24N2O2. The molecule has 0 radical (unpaired) electrons. The maximum absolute atomic E-state index is 12.1. The smallest absolute Gasteiger partial charge is 0.236 e. The van der Waals surface area contributed by atoms with Crippen LogP contribution < -0.4 is 0 Å². The van der Waals surface area contributed by atoms with Crippen LogP contribution in [0.15, 0.2) is 0 Å². The lowest BCUT2D eigenvalue weighted by atomic mass is 9.99. The Kier molecular flexibility index (Phi) is 4.40. The quantitative estimate of drug-likeness (QED) is 0.784. The molecule has 2 aliphatic heterocycles. The van der Waals surface area contributed by atoms with Crippen molar-refractivity contribution in [3.8, 4) is 0 Å². The second-order valence-corrected chi connectivity index (χ2v) is 5.64. The van der Waals surface area contributed by atoms with E-state index in [-0.39, 0.29) is 12.5 Å². The van der Waals surface area contributed by atoms with Crippen LogP contribution in [0, 0.1) is 11.8 Å². The Balaban J connectivity index is 1.74. The Labute approximate surface area is 104 Å². The van der Waals surface area contributed by atoms with Gasteiger partial charge >= 0.3 is 0 Å². The summed E-state index contributed by atoms with van der Waals surface area (Å²) in [5.74, 6) is 1.36. The topological polar surface area (TPSA) is 43.8 Å². The molecule has 4 heteroatoms. The molecule has 0 saturated carbocycles. The molecule has 17 heavy (non-hydrogen) atoms. The molecule has 1 N–H and O–H groups in total. The molecule has 98 valence electrons. The van der Waals surface area contributed by atoms with Crippen molar-refractivity contribution in [2.24, 2.45) is 11.8 Å². The highest BCUT2D eigenvalue weighted by Crippen LogP contribution is 2.18. The van der Waals surface area contributed by atoms with Crippen LogP contribution in [0.1, 0.15) is 26.2 Å². The third kappa shape index (κ3) is 3.42. The second kappa shape index (κ2) is 5.83. The van der Waals surface area contributed by atoms with Crippen molar-refractivity contribution < 1.29 is 9.90 Å². The third-order valence-corrected chi connectivity index (χ3v) is 4.13. The molecule has 2 saturated heterocycles. The Morgan fingerprint density at radius 2 is 1.94 bits per heavy atom. The van der Waals surface area contributed by atoms with Gasteiger partial charge in [-0.2, -0.15) is 0 Å². The van der Waals surface area contributed by atoms with Gasteiger partial charge in [0.15, 0.2) is 0 Å². The predicted molar refractivity (Wildman–Crippen MR) is 66.6 cm³/mol. The summed E-state index contributed by atoms with van der Waals surface area (Å²) in [7, 11) is 0. The first kappa shape index (κ1) is 12.8. The van der Waals surface area contributed by atoms with Crippen LogP contribution in [0.3, 0.4) is 0 Å². The van der Waals surface area contributed by atoms with Crippen LogP contribution in [0.2, 0.25) is 0 Å². The number of carbonyl (C=O) groups excluding carboxylic acids is 1. The number of likely N-dealkylation sites (tertiary alicyclic amines) is 2.